The topological polar surface area (TPSA) is 81.4 Å². The van der Waals surface area contributed by atoms with Gasteiger partial charge in [-0.2, -0.15) is 8.78 Å². The lowest BCUT2D eigenvalue weighted by atomic mass is 9.98. The summed E-state index contributed by atoms with van der Waals surface area (Å²) in [6.45, 7) is -1.12. The highest BCUT2D eigenvalue weighted by Crippen LogP contribution is 2.40. The Morgan fingerprint density at radius 3 is 2.52 bits per heavy atom. The van der Waals surface area contributed by atoms with Crippen LogP contribution in [0.4, 0.5) is 8.78 Å². The molecule has 0 radical (unpaired) electrons. The molecule has 1 aliphatic carbocycles. The van der Waals surface area contributed by atoms with Gasteiger partial charge < -0.3 is 10.5 Å². The van der Waals surface area contributed by atoms with Gasteiger partial charge in [0.15, 0.2) is 0 Å². The van der Waals surface area contributed by atoms with Crippen molar-refractivity contribution < 1.29 is 21.9 Å². The van der Waals surface area contributed by atoms with Crippen molar-refractivity contribution in [1.82, 2.24) is 4.72 Å². The van der Waals surface area contributed by atoms with Gasteiger partial charge in [-0.25, -0.2) is 13.1 Å². The molecule has 1 fully saturated rings. The largest absolute Gasteiger partial charge is 0.433 e. The fourth-order valence-electron chi connectivity index (χ4n) is 2.22. The van der Waals surface area contributed by atoms with Crippen LogP contribution in [-0.4, -0.2) is 27.1 Å². The Hall–Kier alpha value is -0.670. The molecule has 0 aromatic heterocycles. The summed E-state index contributed by atoms with van der Waals surface area (Å²) in [6.07, 6.45) is 1.83. The molecule has 1 saturated carbocycles. The summed E-state index contributed by atoms with van der Waals surface area (Å²) in [7, 11) is -3.86. The zero-order valence-electron chi connectivity index (χ0n) is 12.3. The van der Waals surface area contributed by atoms with E-state index in [1.54, 1.807) is 6.92 Å². The molecule has 0 aliphatic heterocycles. The van der Waals surface area contributed by atoms with Gasteiger partial charge in [0.2, 0.25) is 10.0 Å². The zero-order valence-corrected chi connectivity index (χ0v) is 14.6. The van der Waals surface area contributed by atoms with Crippen LogP contribution in [0.25, 0.3) is 0 Å². The molecule has 1 aromatic carbocycles. The van der Waals surface area contributed by atoms with E-state index in [2.05, 4.69) is 9.46 Å². The van der Waals surface area contributed by atoms with Gasteiger partial charge in [0.05, 0.1) is 9.92 Å². The second-order valence-corrected chi connectivity index (χ2v) is 7.56. The molecular weight excluding hydrogens is 373 g/mol. The second-order valence-electron chi connectivity index (χ2n) is 5.47. The molecule has 2 rings (SSSR count). The lowest BCUT2D eigenvalue weighted by Gasteiger charge is -2.29. The summed E-state index contributed by atoms with van der Waals surface area (Å²) in [6, 6.07) is 3.33. The van der Waals surface area contributed by atoms with E-state index in [1.807, 2.05) is 0 Å². The van der Waals surface area contributed by atoms with Crippen molar-refractivity contribution in [2.45, 2.75) is 36.8 Å². The first-order valence-corrected chi connectivity index (χ1v) is 8.52. The minimum absolute atomic E-state index is 0. The van der Waals surface area contributed by atoms with Crippen molar-refractivity contribution in [1.29, 1.82) is 0 Å². The monoisotopic (exact) mass is 390 g/mol. The van der Waals surface area contributed by atoms with E-state index in [0.29, 0.717) is 0 Å². The average Bonchev–Trinajstić information content (AvgIpc) is 3.24. The summed E-state index contributed by atoms with van der Waals surface area (Å²) >= 11 is 5.78. The van der Waals surface area contributed by atoms with Crippen LogP contribution < -0.4 is 15.2 Å². The third kappa shape index (κ3) is 4.90. The van der Waals surface area contributed by atoms with Gasteiger partial charge in [-0.1, -0.05) is 11.6 Å². The van der Waals surface area contributed by atoms with Gasteiger partial charge in [0, 0.05) is 12.1 Å². The molecule has 5 nitrogen and oxygen atoms in total. The number of hydrogen-bond donors (Lipinski definition) is 2. The molecule has 0 bridgehead atoms. The summed E-state index contributed by atoms with van der Waals surface area (Å²) in [4.78, 5) is -0.126. The number of rotatable bonds is 7. The Balaban J connectivity index is 0.00000264. The minimum atomic E-state index is -3.86. The third-order valence-electron chi connectivity index (χ3n) is 3.70. The first-order chi connectivity index (χ1) is 10.2. The number of sulfonamides is 1. The maximum atomic E-state index is 12.4. The lowest BCUT2D eigenvalue weighted by molar-refractivity contribution is -0.0498. The summed E-state index contributed by atoms with van der Waals surface area (Å²) in [5, 5.41) is -0.205. The van der Waals surface area contributed by atoms with Crippen LogP contribution in [0, 0.1) is 5.92 Å². The van der Waals surface area contributed by atoms with Gasteiger partial charge in [0.25, 0.3) is 0 Å². The summed E-state index contributed by atoms with van der Waals surface area (Å²) in [5.74, 6) is -0.0800. The number of nitrogens with one attached hydrogen (secondary N) is 1. The van der Waals surface area contributed by atoms with Gasteiger partial charge in [-0.3, -0.25) is 0 Å². The number of ether oxygens (including phenoxy) is 1. The van der Waals surface area contributed by atoms with Crippen LogP contribution in [0.3, 0.4) is 0 Å². The van der Waals surface area contributed by atoms with Gasteiger partial charge in [-0.05, 0) is 43.9 Å². The van der Waals surface area contributed by atoms with Crippen LogP contribution in [0.5, 0.6) is 5.75 Å². The van der Waals surface area contributed by atoms with E-state index in [4.69, 9.17) is 17.3 Å². The highest BCUT2D eigenvalue weighted by atomic mass is 35.5. The van der Waals surface area contributed by atoms with Crippen LogP contribution in [0.2, 0.25) is 5.02 Å². The molecule has 1 aromatic rings. The molecule has 10 heteroatoms. The van der Waals surface area contributed by atoms with E-state index in [0.717, 1.165) is 31.0 Å². The van der Waals surface area contributed by atoms with Crippen molar-refractivity contribution in [2.75, 3.05) is 6.54 Å². The maximum Gasteiger partial charge on any atom is 0.387 e. The van der Waals surface area contributed by atoms with Gasteiger partial charge >= 0.3 is 6.61 Å². The van der Waals surface area contributed by atoms with Crippen LogP contribution in [0.15, 0.2) is 23.1 Å². The van der Waals surface area contributed by atoms with Crippen molar-refractivity contribution in [2.24, 2.45) is 11.7 Å². The van der Waals surface area contributed by atoms with E-state index in [-0.39, 0.29) is 40.5 Å². The Labute approximate surface area is 145 Å². The Bertz CT molecular complexity index is 657. The van der Waals surface area contributed by atoms with Gasteiger partial charge in [0.1, 0.15) is 5.75 Å². The number of halogens is 4. The fraction of sp³-hybridized carbons (Fsp3) is 0.538. The van der Waals surface area contributed by atoms with Gasteiger partial charge in [-0.15, -0.1) is 12.4 Å². The second kappa shape index (κ2) is 7.48. The summed E-state index contributed by atoms with van der Waals surface area (Å²) < 4.78 is 55.9. The summed E-state index contributed by atoms with van der Waals surface area (Å²) in [5.41, 5.74) is 4.95. The fourth-order valence-corrected chi connectivity index (χ4v) is 4.01. The highest BCUT2D eigenvalue weighted by molar-refractivity contribution is 7.89. The lowest BCUT2D eigenvalue weighted by Crippen LogP contribution is -2.52. The minimum Gasteiger partial charge on any atom is -0.433 e. The molecule has 0 heterocycles. The van der Waals surface area contributed by atoms with Crippen molar-refractivity contribution in [3.63, 3.8) is 0 Å². The number of benzene rings is 1. The number of nitrogens with two attached hydrogens (primary N) is 1. The molecule has 1 unspecified atom stereocenters. The molecule has 1 atom stereocenters. The van der Waals surface area contributed by atoms with Crippen LogP contribution >= 0.6 is 24.0 Å². The number of alkyl halides is 2. The molecule has 23 heavy (non-hydrogen) atoms. The van der Waals surface area contributed by atoms with E-state index in [9.17, 15) is 17.2 Å². The first-order valence-electron chi connectivity index (χ1n) is 6.66. The van der Waals surface area contributed by atoms with Crippen molar-refractivity contribution in [3.05, 3.63) is 23.2 Å². The quantitative estimate of drug-likeness (QED) is 0.749. The van der Waals surface area contributed by atoms with Crippen LogP contribution in [-0.2, 0) is 10.0 Å². The molecule has 0 saturated heterocycles. The first kappa shape index (κ1) is 20.4. The predicted molar refractivity (Wildman–Crippen MR) is 85.8 cm³/mol. The van der Waals surface area contributed by atoms with Crippen LogP contribution in [0.1, 0.15) is 19.8 Å². The van der Waals surface area contributed by atoms with E-state index < -0.39 is 22.2 Å². The molecule has 3 N–H and O–H groups in total. The standard InChI is InChI=1S/C13H17ClF2N2O3S.ClH/c1-13(7-17,8-2-3-8)18-22(19,20)9-4-5-11(10(14)6-9)21-12(15)16;/h4-6,8,12,18H,2-3,7,17H2,1H3;1H. The third-order valence-corrected chi connectivity index (χ3v) is 5.60. The maximum absolute atomic E-state index is 12.4. The highest BCUT2D eigenvalue weighted by Gasteiger charge is 2.43. The SMILES string of the molecule is CC(CN)(NS(=O)(=O)c1ccc(OC(F)F)c(Cl)c1)C1CC1.Cl. The smallest absolute Gasteiger partial charge is 0.387 e. The molecule has 132 valence electrons. The molecular formula is C13H18Cl2F2N2O3S. The van der Waals surface area contributed by atoms with Crippen molar-refractivity contribution in [3.8, 4) is 5.75 Å². The average molecular weight is 391 g/mol. The number of hydrogen-bond acceptors (Lipinski definition) is 4. The molecule has 0 amide bonds. The van der Waals surface area contributed by atoms with E-state index >= 15 is 0 Å². The normalized spacial score (nSPS) is 17.5. The Kier molecular flexibility index (Phi) is 6.63. The predicted octanol–water partition coefficient (Wildman–Crippen LogP) is 2.77. The Morgan fingerprint density at radius 1 is 1.48 bits per heavy atom. The Morgan fingerprint density at radius 2 is 2.09 bits per heavy atom. The molecule has 1 aliphatic rings. The molecule has 0 spiro atoms. The van der Waals surface area contributed by atoms with Crippen molar-refractivity contribution >= 4 is 34.0 Å². The zero-order chi connectivity index (χ0) is 16.5. The van der Waals surface area contributed by atoms with E-state index in [1.165, 1.54) is 0 Å².